The summed E-state index contributed by atoms with van der Waals surface area (Å²) in [6.45, 7) is 1.45. The van der Waals surface area contributed by atoms with Gasteiger partial charge in [-0.1, -0.05) is 6.07 Å². The van der Waals surface area contributed by atoms with E-state index in [0.29, 0.717) is 6.07 Å². The fourth-order valence-electron chi connectivity index (χ4n) is 2.01. The van der Waals surface area contributed by atoms with Crippen molar-refractivity contribution in [3.05, 3.63) is 35.4 Å². The molecule has 1 atom stereocenters. The number of halogens is 2. The van der Waals surface area contributed by atoms with Crippen LogP contribution in [0, 0.1) is 11.6 Å². The van der Waals surface area contributed by atoms with Crippen molar-refractivity contribution in [2.45, 2.75) is 12.5 Å². The van der Waals surface area contributed by atoms with Crippen LogP contribution in [0.3, 0.4) is 0 Å². The van der Waals surface area contributed by atoms with Crippen molar-refractivity contribution < 1.29 is 17.2 Å². The Morgan fingerprint density at radius 2 is 2.05 bits per heavy atom. The lowest BCUT2D eigenvalue weighted by atomic mass is 9.94. The number of nitrogens with two attached hydrogens (primary N) is 1. The molecule has 2 N–H and O–H groups in total. The second-order valence-electron chi connectivity index (χ2n) is 4.59. The number of guanidine groups is 1. The van der Waals surface area contributed by atoms with E-state index in [0.717, 1.165) is 10.4 Å². The first-order valence-corrected chi connectivity index (χ1v) is 7.04. The summed E-state index contributed by atoms with van der Waals surface area (Å²) < 4.78 is 51.4. The van der Waals surface area contributed by atoms with Gasteiger partial charge in [-0.2, -0.15) is 0 Å². The minimum absolute atomic E-state index is 0.00600. The number of benzene rings is 1. The Hall–Kier alpha value is -1.70. The van der Waals surface area contributed by atoms with Crippen molar-refractivity contribution >= 4 is 16.0 Å². The van der Waals surface area contributed by atoms with Crippen LogP contribution in [0.25, 0.3) is 0 Å². The van der Waals surface area contributed by atoms with E-state index in [2.05, 4.69) is 4.99 Å². The van der Waals surface area contributed by atoms with Gasteiger partial charge >= 0.3 is 0 Å². The van der Waals surface area contributed by atoms with Gasteiger partial charge in [-0.05, 0) is 13.0 Å². The molecule has 5 nitrogen and oxygen atoms in total. The van der Waals surface area contributed by atoms with Crippen LogP contribution in [-0.4, -0.2) is 31.5 Å². The van der Waals surface area contributed by atoms with E-state index < -0.39 is 32.9 Å². The summed E-state index contributed by atoms with van der Waals surface area (Å²) in [5.74, 6) is -2.24. The van der Waals surface area contributed by atoms with E-state index in [4.69, 9.17) is 5.73 Å². The van der Waals surface area contributed by atoms with Crippen molar-refractivity contribution in [2.24, 2.45) is 10.7 Å². The van der Waals surface area contributed by atoms with Crippen LogP contribution in [-0.2, 0) is 15.6 Å². The van der Waals surface area contributed by atoms with Crippen LogP contribution in [0.15, 0.2) is 23.2 Å². The normalized spacial score (nSPS) is 26.1. The van der Waals surface area contributed by atoms with Gasteiger partial charge in [-0.25, -0.2) is 26.5 Å². The molecule has 0 fully saturated rings. The average Bonchev–Trinajstić information content (AvgIpc) is 2.24. The third kappa shape index (κ3) is 2.27. The first-order valence-electron chi connectivity index (χ1n) is 5.43. The highest BCUT2D eigenvalue weighted by Gasteiger charge is 2.41. The molecule has 1 aliphatic heterocycles. The molecule has 0 aromatic heterocycles. The molecular weight excluding hydrogens is 276 g/mol. The van der Waals surface area contributed by atoms with Crippen molar-refractivity contribution in [2.75, 3.05) is 12.8 Å². The topological polar surface area (TPSA) is 75.8 Å². The molecule has 2 rings (SSSR count). The summed E-state index contributed by atoms with van der Waals surface area (Å²) in [7, 11) is -2.40. The highest BCUT2D eigenvalue weighted by Crippen LogP contribution is 2.33. The molecule has 1 aromatic rings. The summed E-state index contributed by atoms with van der Waals surface area (Å²) in [5.41, 5.74) is 4.17. The summed E-state index contributed by atoms with van der Waals surface area (Å²) >= 11 is 0. The average molecular weight is 289 g/mol. The van der Waals surface area contributed by atoms with E-state index >= 15 is 0 Å². The van der Waals surface area contributed by atoms with Crippen molar-refractivity contribution in [3.8, 4) is 0 Å². The molecule has 19 heavy (non-hydrogen) atoms. The van der Waals surface area contributed by atoms with Gasteiger partial charge in [0.1, 0.15) is 17.2 Å². The number of nitrogens with zero attached hydrogens (tertiary/aromatic N) is 2. The number of hydrogen-bond acceptors (Lipinski definition) is 4. The van der Waals surface area contributed by atoms with Crippen LogP contribution < -0.4 is 5.73 Å². The lowest BCUT2D eigenvalue weighted by molar-refractivity contribution is 0.455. The minimum Gasteiger partial charge on any atom is -0.369 e. The Bertz CT molecular complexity index is 660. The monoisotopic (exact) mass is 289 g/mol. The molecule has 0 bridgehead atoms. The van der Waals surface area contributed by atoms with Crippen LogP contribution >= 0.6 is 0 Å². The highest BCUT2D eigenvalue weighted by molar-refractivity contribution is 7.89. The molecule has 0 spiro atoms. The van der Waals surface area contributed by atoms with E-state index in [9.17, 15) is 17.2 Å². The Kier molecular flexibility index (Phi) is 3.00. The number of hydrogen-bond donors (Lipinski definition) is 1. The van der Waals surface area contributed by atoms with Crippen molar-refractivity contribution in [1.82, 2.24) is 4.31 Å². The third-order valence-electron chi connectivity index (χ3n) is 3.08. The zero-order chi connectivity index (χ0) is 14.4. The van der Waals surface area contributed by atoms with Gasteiger partial charge in [-0.15, -0.1) is 0 Å². The standard InChI is InChI=1S/C11H13F2N3O2S/c1-11(8-4-3-7(12)5-9(8)13)6-19(17,18)16(2)10(14)15-11/h3-5H,6H2,1-2H3,(H2,14,15)/t11-/m0/s1. The quantitative estimate of drug-likeness (QED) is 0.829. The molecule has 0 radical (unpaired) electrons. The second kappa shape index (κ2) is 4.16. The Labute approximate surface area is 109 Å². The largest absolute Gasteiger partial charge is 0.369 e. The van der Waals surface area contributed by atoms with Gasteiger partial charge < -0.3 is 5.73 Å². The van der Waals surface area contributed by atoms with E-state index in [-0.39, 0.29) is 11.5 Å². The van der Waals surface area contributed by atoms with Crippen LogP contribution in [0.5, 0.6) is 0 Å². The molecule has 0 aliphatic carbocycles. The number of aliphatic imine (C=N–C) groups is 1. The molecule has 1 aliphatic rings. The summed E-state index contributed by atoms with van der Waals surface area (Å²) in [6.07, 6.45) is 0. The zero-order valence-corrected chi connectivity index (χ0v) is 11.2. The Balaban J connectivity index is 2.61. The molecule has 0 saturated carbocycles. The van der Waals surface area contributed by atoms with Crippen molar-refractivity contribution in [1.29, 1.82) is 0 Å². The summed E-state index contributed by atoms with van der Waals surface area (Å²) in [5, 5.41) is 0. The van der Waals surface area contributed by atoms with Gasteiger partial charge in [-0.3, -0.25) is 0 Å². The number of rotatable bonds is 1. The smallest absolute Gasteiger partial charge is 0.239 e. The van der Waals surface area contributed by atoms with E-state index in [1.165, 1.54) is 20.0 Å². The maximum Gasteiger partial charge on any atom is 0.239 e. The summed E-state index contributed by atoms with van der Waals surface area (Å²) in [4.78, 5) is 4.03. The highest BCUT2D eigenvalue weighted by atomic mass is 32.2. The molecule has 104 valence electrons. The molecule has 1 aromatic carbocycles. The fraction of sp³-hybridized carbons (Fsp3) is 0.364. The van der Waals surface area contributed by atoms with Gasteiger partial charge in [0.05, 0.1) is 5.75 Å². The Morgan fingerprint density at radius 1 is 1.42 bits per heavy atom. The van der Waals surface area contributed by atoms with Crippen molar-refractivity contribution in [3.63, 3.8) is 0 Å². The predicted molar refractivity (Wildman–Crippen MR) is 66.9 cm³/mol. The fourth-order valence-corrected chi connectivity index (χ4v) is 3.46. The maximum absolute atomic E-state index is 13.8. The third-order valence-corrected chi connectivity index (χ3v) is 5.02. The molecule has 0 saturated heterocycles. The molecular formula is C11H13F2N3O2S. The Morgan fingerprint density at radius 3 is 2.58 bits per heavy atom. The SMILES string of the molecule is CN1C(N)=N[C@](C)(c2ccc(F)cc2F)CS1(=O)=O. The van der Waals surface area contributed by atoms with Gasteiger partial charge in [0.2, 0.25) is 16.0 Å². The predicted octanol–water partition coefficient (Wildman–Crippen LogP) is 0.770. The molecule has 1 heterocycles. The summed E-state index contributed by atoms with van der Waals surface area (Å²) in [6, 6.07) is 2.93. The lowest BCUT2D eigenvalue weighted by Crippen LogP contribution is -2.50. The minimum atomic E-state index is -3.68. The number of sulfonamides is 1. The van der Waals surface area contributed by atoms with Gasteiger partial charge in [0.25, 0.3) is 0 Å². The molecule has 8 heteroatoms. The van der Waals surface area contributed by atoms with E-state index in [1.807, 2.05) is 0 Å². The van der Waals surface area contributed by atoms with Gasteiger partial charge in [0, 0.05) is 18.7 Å². The molecule has 0 unspecified atom stereocenters. The second-order valence-corrected chi connectivity index (χ2v) is 6.59. The maximum atomic E-state index is 13.8. The first-order chi connectivity index (χ1) is 8.66. The van der Waals surface area contributed by atoms with Crippen LogP contribution in [0.4, 0.5) is 8.78 Å². The molecule has 0 amide bonds. The van der Waals surface area contributed by atoms with Gasteiger partial charge in [0.15, 0.2) is 0 Å². The first kappa shape index (κ1) is 13.7. The van der Waals surface area contributed by atoms with Crippen LogP contribution in [0.2, 0.25) is 0 Å². The zero-order valence-electron chi connectivity index (χ0n) is 10.4. The lowest BCUT2D eigenvalue weighted by Gasteiger charge is -2.34. The van der Waals surface area contributed by atoms with Crippen LogP contribution in [0.1, 0.15) is 12.5 Å². The van der Waals surface area contributed by atoms with E-state index in [1.54, 1.807) is 0 Å².